The lowest BCUT2D eigenvalue weighted by molar-refractivity contribution is -0.115. The molecule has 1 amide bonds. The van der Waals surface area contributed by atoms with E-state index in [9.17, 15) is 13.2 Å². The summed E-state index contributed by atoms with van der Waals surface area (Å²) in [7, 11) is -1.68. The Balaban J connectivity index is 1.64. The van der Waals surface area contributed by atoms with Crippen LogP contribution in [0.1, 0.15) is 31.2 Å². The minimum atomic E-state index is -3.27. The third kappa shape index (κ3) is 4.25. The third-order valence-electron chi connectivity index (χ3n) is 4.71. The highest BCUT2D eigenvalue weighted by atomic mass is 32.2. The average molecular weight is 373 g/mol. The van der Waals surface area contributed by atoms with Crippen LogP contribution < -0.4 is 10.1 Å². The zero-order valence-electron chi connectivity index (χ0n) is 14.8. The van der Waals surface area contributed by atoms with Gasteiger partial charge in [-0.15, -0.1) is 0 Å². The predicted molar refractivity (Wildman–Crippen MR) is 101 cm³/mol. The van der Waals surface area contributed by atoms with Crippen LogP contribution >= 0.6 is 0 Å². The number of nitrogens with one attached hydrogen (secondary N) is 1. The first-order chi connectivity index (χ1) is 12.5. The average Bonchev–Trinajstić information content (AvgIpc) is 3.18. The van der Waals surface area contributed by atoms with E-state index in [-0.39, 0.29) is 17.6 Å². The molecular weight excluding hydrogens is 350 g/mol. The summed E-state index contributed by atoms with van der Waals surface area (Å²) in [5.41, 5.74) is 1.44. The van der Waals surface area contributed by atoms with Gasteiger partial charge in [-0.2, -0.15) is 0 Å². The smallest absolute Gasteiger partial charge is 0.228 e. The summed E-state index contributed by atoms with van der Waals surface area (Å²) in [6, 6.07) is 13.8. The molecule has 3 rings (SSSR count). The fourth-order valence-corrected chi connectivity index (χ4v) is 5.15. The number of sulfone groups is 1. The van der Waals surface area contributed by atoms with E-state index in [2.05, 4.69) is 5.32 Å². The number of carbonyl (C=O) groups is 1. The zero-order valence-corrected chi connectivity index (χ0v) is 15.6. The quantitative estimate of drug-likeness (QED) is 0.840. The van der Waals surface area contributed by atoms with Crippen molar-refractivity contribution < 1.29 is 17.9 Å². The fourth-order valence-electron chi connectivity index (χ4n) is 3.29. The number of hydrogen-bond acceptors (Lipinski definition) is 4. The van der Waals surface area contributed by atoms with Crippen molar-refractivity contribution in [2.75, 3.05) is 12.4 Å². The highest BCUT2D eigenvalue weighted by molar-refractivity contribution is 7.92. The summed E-state index contributed by atoms with van der Waals surface area (Å²) in [4.78, 5) is 12.5. The van der Waals surface area contributed by atoms with Crippen molar-refractivity contribution in [2.24, 2.45) is 0 Å². The van der Waals surface area contributed by atoms with Crippen molar-refractivity contribution in [1.82, 2.24) is 0 Å². The lowest BCUT2D eigenvalue weighted by atomic mass is 10.1. The molecule has 0 bridgehead atoms. The van der Waals surface area contributed by atoms with Crippen LogP contribution in [0.4, 0.5) is 5.69 Å². The van der Waals surface area contributed by atoms with E-state index >= 15 is 0 Å². The molecule has 0 heterocycles. The maximum Gasteiger partial charge on any atom is 0.228 e. The van der Waals surface area contributed by atoms with Gasteiger partial charge < -0.3 is 10.1 Å². The fraction of sp³-hybridized carbons (Fsp3) is 0.350. The monoisotopic (exact) mass is 373 g/mol. The number of rotatable bonds is 6. The van der Waals surface area contributed by atoms with Crippen LogP contribution in [0.5, 0.6) is 5.75 Å². The van der Waals surface area contributed by atoms with Gasteiger partial charge in [-0.3, -0.25) is 4.79 Å². The second-order valence-electron chi connectivity index (χ2n) is 6.55. The molecule has 6 heteroatoms. The van der Waals surface area contributed by atoms with Gasteiger partial charge in [0.1, 0.15) is 5.75 Å². The van der Waals surface area contributed by atoms with E-state index in [1.54, 1.807) is 31.4 Å². The van der Waals surface area contributed by atoms with Crippen molar-refractivity contribution in [3.8, 4) is 5.75 Å². The van der Waals surface area contributed by atoms with Gasteiger partial charge >= 0.3 is 0 Å². The minimum absolute atomic E-state index is 0.162. The maximum absolute atomic E-state index is 12.6. The SMILES string of the molecule is COc1cccc(CC(=O)Nc2ccc(S(=O)(=O)C3CCCC3)cc2)c1. The Bertz CT molecular complexity index is 869. The number of carbonyl (C=O) groups excluding carboxylic acids is 1. The van der Waals surface area contributed by atoms with Crippen LogP contribution in [0.25, 0.3) is 0 Å². The van der Waals surface area contributed by atoms with Gasteiger partial charge in [-0.1, -0.05) is 25.0 Å². The highest BCUT2D eigenvalue weighted by Crippen LogP contribution is 2.30. The third-order valence-corrected chi connectivity index (χ3v) is 6.98. The molecule has 0 aromatic heterocycles. The molecule has 0 saturated heterocycles. The molecule has 5 nitrogen and oxygen atoms in total. The largest absolute Gasteiger partial charge is 0.497 e. The molecule has 138 valence electrons. The number of hydrogen-bond donors (Lipinski definition) is 1. The van der Waals surface area contributed by atoms with Gasteiger partial charge in [-0.05, 0) is 54.8 Å². The number of anilines is 1. The van der Waals surface area contributed by atoms with Crippen LogP contribution in [0.2, 0.25) is 0 Å². The Morgan fingerprint density at radius 2 is 1.81 bits per heavy atom. The molecule has 2 aromatic rings. The molecule has 1 saturated carbocycles. The maximum atomic E-state index is 12.6. The molecule has 26 heavy (non-hydrogen) atoms. The molecule has 1 N–H and O–H groups in total. The minimum Gasteiger partial charge on any atom is -0.497 e. The van der Waals surface area contributed by atoms with Crippen molar-refractivity contribution >= 4 is 21.4 Å². The summed E-state index contributed by atoms with van der Waals surface area (Å²) in [6.45, 7) is 0. The number of benzene rings is 2. The summed E-state index contributed by atoms with van der Waals surface area (Å²) in [5, 5.41) is 2.53. The van der Waals surface area contributed by atoms with Gasteiger partial charge in [0, 0.05) is 5.69 Å². The molecule has 0 unspecified atom stereocenters. The molecule has 0 aliphatic heterocycles. The zero-order chi connectivity index (χ0) is 18.6. The van der Waals surface area contributed by atoms with Crippen LogP contribution in [-0.4, -0.2) is 26.7 Å². The number of ether oxygens (including phenoxy) is 1. The molecule has 0 atom stereocenters. The second-order valence-corrected chi connectivity index (χ2v) is 8.78. The van der Waals surface area contributed by atoms with Gasteiger partial charge in [0.15, 0.2) is 9.84 Å². The van der Waals surface area contributed by atoms with Crippen molar-refractivity contribution in [2.45, 2.75) is 42.2 Å². The van der Waals surface area contributed by atoms with E-state index in [1.165, 1.54) is 0 Å². The summed E-state index contributed by atoms with van der Waals surface area (Å²) >= 11 is 0. The molecule has 1 aliphatic carbocycles. The van der Waals surface area contributed by atoms with Crippen molar-refractivity contribution in [3.05, 3.63) is 54.1 Å². The van der Waals surface area contributed by atoms with Gasteiger partial charge in [-0.25, -0.2) is 8.42 Å². The van der Waals surface area contributed by atoms with E-state index in [0.29, 0.717) is 16.3 Å². The summed E-state index contributed by atoms with van der Waals surface area (Å²) in [5.74, 6) is 0.543. The first-order valence-electron chi connectivity index (χ1n) is 8.76. The van der Waals surface area contributed by atoms with E-state index < -0.39 is 9.84 Å². The Hall–Kier alpha value is -2.34. The van der Waals surface area contributed by atoms with Crippen molar-refractivity contribution in [3.63, 3.8) is 0 Å². The van der Waals surface area contributed by atoms with Gasteiger partial charge in [0.2, 0.25) is 5.91 Å². The molecule has 0 radical (unpaired) electrons. The lowest BCUT2D eigenvalue weighted by Crippen LogP contribution is -2.18. The van der Waals surface area contributed by atoms with Gasteiger partial charge in [0.05, 0.1) is 23.7 Å². The number of methoxy groups -OCH3 is 1. The Morgan fingerprint density at radius 1 is 1.12 bits per heavy atom. The van der Waals surface area contributed by atoms with E-state index in [0.717, 1.165) is 31.2 Å². The Kier molecular flexibility index (Phi) is 5.61. The Morgan fingerprint density at radius 3 is 2.46 bits per heavy atom. The molecular formula is C20H23NO4S. The standard InChI is InChI=1S/C20H23NO4S/c1-25-17-6-4-5-15(13-17)14-20(22)21-16-9-11-19(12-10-16)26(23,24)18-7-2-3-8-18/h4-6,9-13,18H,2-3,7-8,14H2,1H3,(H,21,22). The Labute approximate surface area is 154 Å². The van der Waals surface area contributed by atoms with Crippen LogP contribution in [0.3, 0.4) is 0 Å². The molecule has 1 fully saturated rings. The molecule has 2 aromatic carbocycles. The second kappa shape index (κ2) is 7.91. The molecule has 0 spiro atoms. The summed E-state index contributed by atoms with van der Waals surface area (Å²) in [6.07, 6.45) is 3.65. The van der Waals surface area contributed by atoms with Crippen LogP contribution in [-0.2, 0) is 21.1 Å². The highest BCUT2D eigenvalue weighted by Gasteiger charge is 2.30. The van der Waals surface area contributed by atoms with Gasteiger partial charge in [0.25, 0.3) is 0 Å². The van der Waals surface area contributed by atoms with Crippen molar-refractivity contribution in [1.29, 1.82) is 0 Å². The predicted octanol–water partition coefficient (Wildman–Crippen LogP) is 3.59. The normalized spacial score (nSPS) is 15.0. The van der Waals surface area contributed by atoms with E-state index in [1.807, 2.05) is 24.3 Å². The number of amides is 1. The van der Waals surface area contributed by atoms with Crippen LogP contribution in [0, 0.1) is 0 Å². The first-order valence-corrected chi connectivity index (χ1v) is 10.3. The van der Waals surface area contributed by atoms with Crippen LogP contribution in [0.15, 0.2) is 53.4 Å². The topological polar surface area (TPSA) is 72.5 Å². The first kappa shape index (κ1) is 18.5. The van der Waals surface area contributed by atoms with E-state index in [4.69, 9.17) is 4.74 Å². The lowest BCUT2D eigenvalue weighted by Gasteiger charge is -2.12. The molecule has 1 aliphatic rings. The summed E-state index contributed by atoms with van der Waals surface area (Å²) < 4.78 is 30.3.